The molecule has 2 rings (SSSR count). The van der Waals surface area contributed by atoms with E-state index in [1.54, 1.807) is 0 Å². The number of carboxylic acids is 1. The van der Waals surface area contributed by atoms with Gasteiger partial charge in [-0.15, -0.1) is 0 Å². The Kier molecular flexibility index (Phi) is 5.04. The first-order valence-corrected chi connectivity index (χ1v) is 7.65. The summed E-state index contributed by atoms with van der Waals surface area (Å²) in [7, 11) is 0. The van der Waals surface area contributed by atoms with Crippen LogP contribution in [0.5, 0.6) is 0 Å². The van der Waals surface area contributed by atoms with E-state index >= 15 is 0 Å². The first-order chi connectivity index (χ1) is 8.68. The van der Waals surface area contributed by atoms with Crippen LogP contribution < -0.4 is 0 Å². The zero-order valence-electron chi connectivity index (χ0n) is 11.6. The van der Waals surface area contributed by atoms with Crippen LogP contribution in [0.4, 0.5) is 0 Å². The molecule has 104 valence electrons. The summed E-state index contributed by atoms with van der Waals surface area (Å²) in [5.74, 6) is -0.406. The lowest BCUT2D eigenvalue weighted by Crippen LogP contribution is -2.47. The molecule has 1 saturated heterocycles. The van der Waals surface area contributed by atoms with Gasteiger partial charge < -0.3 is 10.0 Å². The number of carboxylic acid groups (broad SMARTS) is 1. The molecular weight excluding hydrogens is 226 g/mol. The zero-order chi connectivity index (χ0) is 13.0. The monoisotopic (exact) mass is 253 g/mol. The highest BCUT2D eigenvalue weighted by Crippen LogP contribution is 2.29. The molecule has 0 aromatic heterocycles. The molecule has 0 spiro atoms. The minimum atomic E-state index is -0.597. The molecule has 0 amide bonds. The fourth-order valence-electron chi connectivity index (χ4n) is 3.68. The van der Waals surface area contributed by atoms with Gasteiger partial charge in [-0.25, -0.2) is 0 Å². The number of rotatable bonds is 2. The molecule has 3 heteroatoms. The maximum absolute atomic E-state index is 11.1. The second-order valence-corrected chi connectivity index (χ2v) is 6.20. The van der Waals surface area contributed by atoms with Gasteiger partial charge >= 0.3 is 5.97 Å². The Morgan fingerprint density at radius 1 is 1.06 bits per heavy atom. The molecule has 3 nitrogen and oxygen atoms in total. The van der Waals surface area contributed by atoms with Gasteiger partial charge in [-0.2, -0.15) is 0 Å². The van der Waals surface area contributed by atoms with E-state index in [1.807, 2.05) is 0 Å². The van der Waals surface area contributed by atoms with E-state index in [9.17, 15) is 4.79 Å². The molecule has 18 heavy (non-hydrogen) atoms. The van der Waals surface area contributed by atoms with E-state index in [-0.39, 0.29) is 5.92 Å². The summed E-state index contributed by atoms with van der Waals surface area (Å²) < 4.78 is 0. The van der Waals surface area contributed by atoms with Crippen LogP contribution >= 0.6 is 0 Å². The van der Waals surface area contributed by atoms with Crippen molar-refractivity contribution in [2.24, 2.45) is 11.8 Å². The molecule has 1 aliphatic carbocycles. The van der Waals surface area contributed by atoms with Gasteiger partial charge in [-0.05, 0) is 31.7 Å². The summed E-state index contributed by atoms with van der Waals surface area (Å²) in [6, 6.07) is 0.725. The van der Waals surface area contributed by atoms with E-state index in [1.165, 1.54) is 44.9 Å². The number of carbonyl (C=O) groups is 1. The van der Waals surface area contributed by atoms with Gasteiger partial charge in [0.1, 0.15) is 0 Å². The van der Waals surface area contributed by atoms with Gasteiger partial charge in [-0.3, -0.25) is 4.79 Å². The standard InChI is InChI=1S/C15H27NO2/c1-12-11-16(10-9-14(12)15(17)18)13-7-5-3-2-4-6-8-13/h12-14H,2-11H2,1H3,(H,17,18). The van der Waals surface area contributed by atoms with Gasteiger partial charge in [0.15, 0.2) is 0 Å². The number of piperidine rings is 1. The van der Waals surface area contributed by atoms with Crippen LogP contribution in [0.1, 0.15) is 58.3 Å². The van der Waals surface area contributed by atoms with Crippen molar-refractivity contribution in [1.82, 2.24) is 4.90 Å². The first kappa shape index (κ1) is 13.9. The van der Waals surface area contributed by atoms with E-state index in [0.29, 0.717) is 5.92 Å². The number of nitrogens with zero attached hydrogens (tertiary/aromatic N) is 1. The Hall–Kier alpha value is -0.570. The van der Waals surface area contributed by atoms with Gasteiger partial charge in [0, 0.05) is 12.6 Å². The highest BCUT2D eigenvalue weighted by molar-refractivity contribution is 5.70. The van der Waals surface area contributed by atoms with E-state index in [0.717, 1.165) is 25.6 Å². The highest BCUT2D eigenvalue weighted by atomic mass is 16.4. The van der Waals surface area contributed by atoms with Crippen LogP contribution in [0.3, 0.4) is 0 Å². The Balaban J connectivity index is 1.88. The summed E-state index contributed by atoms with van der Waals surface area (Å²) in [6.45, 7) is 4.08. The molecule has 0 bridgehead atoms. The lowest BCUT2D eigenvalue weighted by molar-refractivity contribution is -0.145. The number of likely N-dealkylation sites (tertiary alicyclic amines) is 1. The largest absolute Gasteiger partial charge is 0.481 e. The predicted molar refractivity (Wildman–Crippen MR) is 72.6 cm³/mol. The van der Waals surface area contributed by atoms with E-state index in [4.69, 9.17) is 5.11 Å². The van der Waals surface area contributed by atoms with Crippen LogP contribution in [-0.4, -0.2) is 35.1 Å². The summed E-state index contributed by atoms with van der Waals surface area (Å²) in [5.41, 5.74) is 0. The number of hydrogen-bond acceptors (Lipinski definition) is 2. The predicted octanol–water partition coefficient (Wildman–Crippen LogP) is 3.14. The lowest BCUT2D eigenvalue weighted by atomic mass is 9.85. The Labute approximate surface area is 111 Å². The number of hydrogen-bond donors (Lipinski definition) is 1. The van der Waals surface area contributed by atoms with Crippen molar-refractivity contribution < 1.29 is 9.90 Å². The first-order valence-electron chi connectivity index (χ1n) is 7.65. The molecule has 0 radical (unpaired) electrons. The third kappa shape index (κ3) is 3.47. The topological polar surface area (TPSA) is 40.5 Å². The van der Waals surface area contributed by atoms with Crippen LogP contribution in [0.25, 0.3) is 0 Å². The van der Waals surface area contributed by atoms with Crippen LogP contribution in [-0.2, 0) is 4.79 Å². The van der Waals surface area contributed by atoms with Gasteiger partial charge in [0.05, 0.1) is 5.92 Å². The third-order valence-electron chi connectivity index (χ3n) is 4.84. The van der Waals surface area contributed by atoms with Gasteiger partial charge in [-0.1, -0.05) is 39.0 Å². The molecule has 0 aromatic rings. The molecule has 1 saturated carbocycles. The molecule has 2 atom stereocenters. The molecular formula is C15H27NO2. The molecule has 2 unspecified atom stereocenters. The quantitative estimate of drug-likeness (QED) is 0.822. The van der Waals surface area contributed by atoms with E-state index in [2.05, 4.69) is 11.8 Å². The minimum absolute atomic E-state index is 0.116. The van der Waals surface area contributed by atoms with Crippen LogP contribution in [0, 0.1) is 11.8 Å². The van der Waals surface area contributed by atoms with Crippen molar-refractivity contribution >= 4 is 5.97 Å². The normalized spacial score (nSPS) is 32.7. The van der Waals surface area contributed by atoms with Crippen LogP contribution in [0.15, 0.2) is 0 Å². The molecule has 2 fully saturated rings. The smallest absolute Gasteiger partial charge is 0.306 e. The van der Waals surface area contributed by atoms with E-state index < -0.39 is 5.97 Å². The molecule has 2 aliphatic rings. The lowest BCUT2D eigenvalue weighted by Gasteiger charge is -2.40. The Morgan fingerprint density at radius 3 is 2.22 bits per heavy atom. The van der Waals surface area contributed by atoms with Gasteiger partial charge in [0.25, 0.3) is 0 Å². The summed E-state index contributed by atoms with van der Waals surface area (Å²) in [4.78, 5) is 13.7. The number of aliphatic carboxylic acids is 1. The summed E-state index contributed by atoms with van der Waals surface area (Å²) >= 11 is 0. The zero-order valence-corrected chi connectivity index (χ0v) is 11.6. The Morgan fingerprint density at radius 2 is 1.67 bits per heavy atom. The minimum Gasteiger partial charge on any atom is -0.481 e. The SMILES string of the molecule is CC1CN(C2CCCCCCC2)CCC1C(=O)O. The van der Waals surface area contributed by atoms with Crippen molar-refractivity contribution in [3.8, 4) is 0 Å². The maximum Gasteiger partial charge on any atom is 0.306 e. The van der Waals surface area contributed by atoms with Crippen molar-refractivity contribution in [1.29, 1.82) is 0 Å². The second kappa shape index (κ2) is 6.55. The molecule has 1 aliphatic heterocycles. The molecule has 1 heterocycles. The average molecular weight is 253 g/mol. The molecule has 1 N–H and O–H groups in total. The van der Waals surface area contributed by atoms with Crippen molar-refractivity contribution in [2.45, 2.75) is 64.3 Å². The molecule has 0 aromatic carbocycles. The fourth-order valence-corrected chi connectivity index (χ4v) is 3.68. The van der Waals surface area contributed by atoms with Crippen molar-refractivity contribution in [3.05, 3.63) is 0 Å². The van der Waals surface area contributed by atoms with Crippen molar-refractivity contribution in [2.75, 3.05) is 13.1 Å². The Bertz CT molecular complexity index is 272. The van der Waals surface area contributed by atoms with Crippen LogP contribution in [0.2, 0.25) is 0 Å². The summed E-state index contributed by atoms with van der Waals surface area (Å²) in [5, 5.41) is 9.17. The van der Waals surface area contributed by atoms with Gasteiger partial charge in [0.2, 0.25) is 0 Å². The highest BCUT2D eigenvalue weighted by Gasteiger charge is 2.33. The van der Waals surface area contributed by atoms with Crippen molar-refractivity contribution in [3.63, 3.8) is 0 Å². The average Bonchev–Trinajstić information content (AvgIpc) is 2.27. The fraction of sp³-hybridized carbons (Fsp3) is 0.933. The second-order valence-electron chi connectivity index (χ2n) is 6.20. The maximum atomic E-state index is 11.1. The third-order valence-corrected chi connectivity index (χ3v) is 4.84. The summed E-state index contributed by atoms with van der Waals surface area (Å²) in [6.07, 6.45) is 10.4.